The van der Waals surface area contributed by atoms with Crippen molar-refractivity contribution in [1.82, 2.24) is 0 Å². The van der Waals surface area contributed by atoms with Crippen LogP contribution in [0.25, 0.3) is 0 Å². The van der Waals surface area contributed by atoms with Gasteiger partial charge in [-0.25, -0.2) is 4.57 Å². The number of ether oxygens (including phenoxy) is 2. The normalized spacial score (nSPS) is 14.0. The van der Waals surface area contributed by atoms with Crippen molar-refractivity contribution in [1.29, 1.82) is 0 Å². The number of carbonyl (C=O) groups is 2. The summed E-state index contributed by atoms with van der Waals surface area (Å²) in [4.78, 5) is 35.4. The molecule has 0 bridgehead atoms. The van der Waals surface area contributed by atoms with Gasteiger partial charge < -0.3 is 18.9 Å². The van der Waals surface area contributed by atoms with Crippen LogP contribution in [0.4, 0.5) is 0 Å². The number of hydrogen-bond acceptors (Lipinski definition) is 7. The van der Waals surface area contributed by atoms with Crippen molar-refractivity contribution in [2.24, 2.45) is 0 Å². The maximum absolute atomic E-state index is 12.7. The summed E-state index contributed by atoms with van der Waals surface area (Å²) >= 11 is 0. The minimum atomic E-state index is -4.39. The van der Waals surface area contributed by atoms with Gasteiger partial charge in [-0.15, -0.1) is 0 Å². The molecule has 10 heteroatoms. The van der Waals surface area contributed by atoms with Crippen LogP contribution >= 0.6 is 7.82 Å². The van der Waals surface area contributed by atoms with E-state index in [1.807, 2.05) is 21.1 Å². The number of esters is 2. The van der Waals surface area contributed by atoms with Gasteiger partial charge in [-0.05, 0) is 70.6 Å². The van der Waals surface area contributed by atoms with E-state index in [9.17, 15) is 19.0 Å². The lowest BCUT2D eigenvalue weighted by molar-refractivity contribution is -0.870. The van der Waals surface area contributed by atoms with Crippen LogP contribution in [0, 0.1) is 0 Å². The zero-order valence-corrected chi connectivity index (χ0v) is 38.9. The number of nitrogens with zero attached hydrogens (tertiary/aromatic N) is 1. The van der Waals surface area contributed by atoms with Gasteiger partial charge >= 0.3 is 19.8 Å². The smallest absolute Gasteiger partial charge is 0.462 e. The molecule has 0 aromatic heterocycles. The molecular weight excluding hydrogens is 750 g/mol. The lowest BCUT2D eigenvalue weighted by Crippen LogP contribution is -2.37. The Morgan fingerprint density at radius 3 is 1.47 bits per heavy atom. The molecule has 0 rings (SSSR count). The van der Waals surface area contributed by atoms with Crippen molar-refractivity contribution in [2.45, 2.75) is 200 Å². The largest absolute Gasteiger partial charge is 0.472 e. The summed E-state index contributed by atoms with van der Waals surface area (Å²) in [6, 6.07) is 0. The summed E-state index contributed by atoms with van der Waals surface area (Å²) in [5.74, 6) is -0.861. The van der Waals surface area contributed by atoms with E-state index < -0.39 is 26.5 Å². The topological polar surface area (TPSA) is 108 Å². The number of phosphoric ester groups is 1. The van der Waals surface area contributed by atoms with Crippen LogP contribution in [0.1, 0.15) is 194 Å². The fraction of sp³-hybridized carbons (Fsp3) is 0.792. The third kappa shape index (κ3) is 43.5. The molecule has 338 valence electrons. The molecule has 2 atom stereocenters. The number of rotatable bonds is 42. The highest BCUT2D eigenvalue weighted by Crippen LogP contribution is 2.43. The number of phosphoric acid groups is 1. The van der Waals surface area contributed by atoms with Crippen LogP contribution in [0.3, 0.4) is 0 Å². The molecule has 0 aromatic carbocycles. The van der Waals surface area contributed by atoms with Crippen molar-refractivity contribution in [2.75, 3.05) is 47.5 Å². The second kappa shape index (κ2) is 40.4. The fourth-order valence-electron chi connectivity index (χ4n) is 6.14. The number of unbranched alkanes of at least 4 members (excludes halogenated alkanes) is 20. The van der Waals surface area contributed by atoms with Gasteiger partial charge in [0.1, 0.15) is 19.8 Å². The molecule has 1 N–H and O–H groups in total. The molecule has 0 aromatic rings. The maximum Gasteiger partial charge on any atom is 0.472 e. The van der Waals surface area contributed by atoms with Crippen LogP contribution in [-0.4, -0.2) is 74.9 Å². The highest BCUT2D eigenvalue weighted by Gasteiger charge is 2.27. The third-order valence-electron chi connectivity index (χ3n) is 9.83. The Morgan fingerprint density at radius 1 is 0.534 bits per heavy atom. The molecule has 0 fully saturated rings. The second-order valence-corrected chi connectivity index (χ2v) is 18.2. The molecule has 0 heterocycles. The first kappa shape index (κ1) is 56.0. The number of quaternary nitrogens is 1. The molecule has 0 aliphatic rings. The van der Waals surface area contributed by atoms with Crippen LogP contribution in [0.5, 0.6) is 0 Å². The van der Waals surface area contributed by atoms with E-state index in [-0.39, 0.29) is 32.0 Å². The number of carbonyl (C=O) groups excluding carboxylic acids is 2. The van der Waals surface area contributed by atoms with E-state index in [1.54, 1.807) is 0 Å². The highest BCUT2D eigenvalue weighted by atomic mass is 31.2. The molecule has 0 saturated heterocycles. The van der Waals surface area contributed by atoms with Crippen molar-refractivity contribution in [3.8, 4) is 0 Å². The molecule has 0 amide bonds. The SMILES string of the molecule is CCCCCC/C=C/CCCCCCCCCCCC(=O)OC[C@H](COP(=O)(O)OCC[N+](C)(C)C)OC(=O)CCC/C=C/C/C=C/C/C=C/CCCCCCCC. The molecular formula is C48H89NO8P+. The Hall–Kier alpha value is -2.03. The number of hydrogen-bond donors (Lipinski definition) is 1. The van der Waals surface area contributed by atoms with Gasteiger partial charge in [0.25, 0.3) is 0 Å². The van der Waals surface area contributed by atoms with Gasteiger partial charge in [-0.2, -0.15) is 0 Å². The Labute approximate surface area is 356 Å². The van der Waals surface area contributed by atoms with Crippen LogP contribution in [-0.2, 0) is 32.7 Å². The Bertz CT molecular complexity index is 1130. The first-order chi connectivity index (χ1) is 28.0. The lowest BCUT2D eigenvalue weighted by atomic mass is 10.1. The van der Waals surface area contributed by atoms with E-state index in [0.717, 1.165) is 44.9 Å². The fourth-order valence-corrected chi connectivity index (χ4v) is 6.88. The minimum absolute atomic E-state index is 0.0214. The first-order valence-corrected chi connectivity index (χ1v) is 24.9. The molecule has 58 heavy (non-hydrogen) atoms. The molecule has 0 saturated carbocycles. The van der Waals surface area contributed by atoms with Gasteiger partial charge in [0.05, 0.1) is 27.7 Å². The van der Waals surface area contributed by atoms with E-state index in [0.29, 0.717) is 17.4 Å². The van der Waals surface area contributed by atoms with Crippen molar-refractivity contribution < 1.29 is 42.1 Å². The van der Waals surface area contributed by atoms with E-state index in [4.69, 9.17) is 18.5 Å². The van der Waals surface area contributed by atoms with Crippen molar-refractivity contribution in [3.05, 3.63) is 48.6 Å². The molecule has 0 radical (unpaired) electrons. The van der Waals surface area contributed by atoms with Gasteiger partial charge in [0.2, 0.25) is 0 Å². The number of likely N-dealkylation sites (N-methyl/N-ethyl adjacent to an activating group) is 1. The lowest BCUT2D eigenvalue weighted by Gasteiger charge is -2.24. The van der Waals surface area contributed by atoms with E-state index >= 15 is 0 Å². The monoisotopic (exact) mass is 839 g/mol. The minimum Gasteiger partial charge on any atom is -0.462 e. The van der Waals surface area contributed by atoms with Crippen LogP contribution in [0.15, 0.2) is 48.6 Å². The molecule has 9 nitrogen and oxygen atoms in total. The van der Waals surface area contributed by atoms with Gasteiger partial charge in [-0.3, -0.25) is 18.6 Å². The summed E-state index contributed by atoms with van der Waals surface area (Å²) in [7, 11) is 1.44. The van der Waals surface area contributed by atoms with Crippen molar-refractivity contribution in [3.63, 3.8) is 0 Å². The van der Waals surface area contributed by atoms with Gasteiger partial charge in [0.15, 0.2) is 6.10 Å². The maximum atomic E-state index is 12.7. The zero-order valence-electron chi connectivity index (χ0n) is 38.0. The Balaban J connectivity index is 4.40. The molecule has 1 unspecified atom stereocenters. The predicted octanol–water partition coefficient (Wildman–Crippen LogP) is 13.5. The average Bonchev–Trinajstić information content (AvgIpc) is 3.17. The first-order valence-electron chi connectivity index (χ1n) is 23.4. The summed E-state index contributed by atoms with van der Waals surface area (Å²) in [6.07, 6.45) is 47.4. The summed E-state index contributed by atoms with van der Waals surface area (Å²) < 4.78 is 34.3. The summed E-state index contributed by atoms with van der Waals surface area (Å²) in [6.45, 7) is 4.35. The van der Waals surface area contributed by atoms with E-state index in [2.05, 4.69) is 62.5 Å². The number of allylic oxidation sites excluding steroid dienone is 8. The van der Waals surface area contributed by atoms with Crippen LogP contribution < -0.4 is 0 Å². The summed E-state index contributed by atoms with van der Waals surface area (Å²) in [5.41, 5.74) is 0. The Morgan fingerprint density at radius 2 is 0.948 bits per heavy atom. The second-order valence-electron chi connectivity index (χ2n) is 16.8. The Kier molecular flexibility index (Phi) is 39.0. The summed E-state index contributed by atoms with van der Waals surface area (Å²) in [5, 5.41) is 0. The van der Waals surface area contributed by atoms with Crippen LogP contribution in [0.2, 0.25) is 0 Å². The third-order valence-corrected chi connectivity index (χ3v) is 10.8. The zero-order chi connectivity index (χ0) is 42.8. The molecule has 0 spiro atoms. The molecule has 0 aliphatic carbocycles. The van der Waals surface area contributed by atoms with E-state index in [1.165, 1.54) is 116 Å². The standard InChI is InChI=1S/C48H88NO8P/c1-6-8-10-12-14-16-18-20-22-24-26-28-30-32-34-36-38-40-47(50)54-44-46(45-56-58(52,53)55-43-42-49(3,4)5)57-48(51)41-39-37-35-33-31-29-27-25-23-21-19-17-15-13-11-9-7-2/h16,18,21,23,27,29,33,35,46H,6-15,17,19-20,22,24-26,28,30-32,34,36-45H2,1-5H3/p+1/b18-16+,23-21+,29-27+,35-33+/t46-/m1/s1. The predicted molar refractivity (Wildman–Crippen MR) is 243 cm³/mol. The van der Waals surface area contributed by atoms with Gasteiger partial charge in [0, 0.05) is 12.8 Å². The quantitative estimate of drug-likeness (QED) is 0.0213. The average molecular weight is 839 g/mol. The highest BCUT2D eigenvalue weighted by molar-refractivity contribution is 7.47. The molecule has 0 aliphatic heterocycles. The van der Waals surface area contributed by atoms with Gasteiger partial charge in [-0.1, -0.05) is 159 Å². The van der Waals surface area contributed by atoms with Crippen molar-refractivity contribution >= 4 is 19.8 Å².